The Balaban J connectivity index is 1.69. The highest BCUT2D eigenvalue weighted by Gasteiger charge is 2.07. The van der Waals surface area contributed by atoms with E-state index in [1.807, 2.05) is 49.4 Å². The van der Waals surface area contributed by atoms with Crippen molar-refractivity contribution in [2.24, 2.45) is 0 Å². The molecule has 0 bridgehead atoms. The van der Waals surface area contributed by atoms with Gasteiger partial charge in [0.25, 0.3) is 0 Å². The summed E-state index contributed by atoms with van der Waals surface area (Å²) in [5, 5.41) is 0. The highest BCUT2D eigenvalue weighted by Crippen LogP contribution is 2.26. The van der Waals surface area contributed by atoms with Crippen LogP contribution in [0.1, 0.15) is 23.8 Å². The second-order valence-corrected chi connectivity index (χ2v) is 6.87. The van der Waals surface area contributed by atoms with E-state index in [0.717, 1.165) is 22.8 Å². The quantitative estimate of drug-likeness (QED) is 0.270. The fraction of sp³-hybridized carbons (Fsp3) is 0.0769. The zero-order chi connectivity index (χ0) is 22.4. The van der Waals surface area contributed by atoms with E-state index in [0.29, 0.717) is 28.6 Å². The molecule has 31 heavy (non-hydrogen) atoms. The molecule has 0 radical (unpaired) electrons. The number of rotatable bonds is 7. The molecule has 0 aliphatic carbocycles. The molecule has 5 heteroatoms. The van der Waals surface area contributed by atoms with Crippen molar-refractivity contribution in [1.82, 2.24) is 0 Å². The van der Waals surface area contributed by atoms with Gasteiger partial charge in [-0.3, -0.25) is 0 Å². The van der Waals surface area contributed by atoms with Crippen LogP contribution in [0.5, 0.6) is 11.5 Å². The number of hydrogen-bond acceptors (Lipinski definition) is 5. The average molecular weight is 414 g/mol. The molecule has 0 aliphatic heterocycles. The molecule has 0 amide bonds. The maximum atomic E-state index is 11.6. The normalized spacial score (nSPS) is 10.6. The number of hydrogen-bond donors (Lipinski definition) is 0. The lowest BCUT2D eigenvalue weighted by molar-refractivity contribution is -0.130. The SMILES string of the molecule is C=CC(=O)Oc1ccc(-c2ccc(/C=C/c3ccc(OC(=O)C(=C)C)cc3C)o2)cc1. The van der Waals surface area contributed by atoms with Crippen molar-refractivity contribution in [2.45, 2.75) is 13.8 Å². The molecule has 1 aromatic heterocycles. The standard InChI is InChI=1S/C26H22O5/c1-5-25(27)30-22-11-8-20(9-12-22)24-15-14-21(29-24)10-6-19-7-13-23(16-18(19)4)31-26(28)17(2)3/h5-16H,1-2H2,3-4H3/b10-6+. The first kappa shape index (κ1) is 21.6. The lowest BCUT2D eigenvalue weighted by Gasteiger charge is -2.06. The number of esters is 2. The maximum absolute atomic E-state index is 11.6. The maximum Gasteiger partial charge on any atom is 0.338 e. The van der Waals surface area contributed by atoms with Gasteiger partial charge in [-0.2, -0.15) is 0 Å². The third-order valence-corrected chi connectivity index (χ3v) is 4.38. The molecule has 0 aliphatic rings. The largest absolute Gasteiger partial charge is 0.457 e. The van der Waals surface area contributed by atoms with Gasteiger partial charge in [0, 0.05) is 17.2 Å². The molecule has 5 nitrogen and oxygen atoms in total. The Kier molecular flexibility index (Phi) is 6.67. The van der Waals surface area contributed by atoms with Crippen LogP contribution in [0.4, 0.5) is 0 Å². The molecule has 0 saturated carbocycles. The lowest BCUT2D eigenvalue weighted by Crippen LogP contribution is -2.08. The number of aryl methyl sites for hydroxylation is 1. The minimum Gasteiger partial charge on any atom is -0.457 e. The van der Waals surface area contributed by atoms with E-state index in [-0.39, 0.29) is 0 Å². The fourth-order valence-electron chi connectivity index (χ4n) is 2.71. The van der Waals surface area contributed by atoms with Crippen LogP contribution in [-0.2, 0) is 9.59 Å². The van der Waals surface area contributed by atoms with Crippen molar-refractivity contribution in [2.75, 3.05) is 0 Å². The molecule has 0 atom stereocenters. The van der Waals surface area contributed by atoms with Gasteiger partial charge in [0.15, 0.2) is 0 Å². The van der Waals surface area contributed by atoms with E-state index in [4.69, 9.17) is 13.9 Å². The summed E-state index contributed by atoms with van der Waals surface area (Å²) in [6.45, 7) is 10.5. The Morgan fingerprint density at radius 3 is 2.29 bits per heavy atom. The number of furan rings is 1. The summed E-state index contributed by atoms with van der Waals surface area (Å²) >= 11 is 0. The summed E-state index contributed by atoms with van der Waals surface area (Å²) in [5.41, 5.74) is 3.14. The molecule has 0 spiro atoms. The van der Waals surface area contributed by atoms with Crippen molar-refractivity contribution in [1.29, 1.82) is 0 Å². The van der Waals surface area contributed by atoms with Crippen molar-refractivity contribution in [3.8, 4) is 22.8 Å². The minimum atomic E-state index is -0.504. The van der Waals surface area contributed by atoms with Crippen LogP contribution in [0, 0.1) is 6.92 Å². The summed E-state index contributed by atoms with van der Waals surface area (Å²) in [6.07, 6.45) is 4.91. The van der Waals surface area contributed by atoms with E-state index in [9.17, 15) is 9.59 Å². The zero-order valence-corrected chi connectivity index (χ0v) is 17.4. The van der Waals surface area contributed by atoms with Gasteiger partial charge in [0.05, 0.1) is 0 Å². The summed E-state index contributed by atoms with van der Waals surface area (Å²) in [7, 11) is 0. The van der Waals surface area contributed by atoms with Gasteiger partial charge < -0.3 is 13.9 Å². The Bertz CT molecular complexity index is 1160. The van der Waals surface area contributed by atoms with Crippen molar-refractivity contribution < 1.29 is 23.5 Å². The van der Waals surface area contributed by atoms with Gasteiger partial charge in [-0.05, 0) is 79.6 Å². The summed E-state index contributed by atoms with van der Waals surface area (Å²) in [5.74, 6) is 1.35. The molecule has 3 rings (SSSR count). The van der Waals surface area contributed by atoms with Crippen molar-refractivity contribution in [3.05, 3.63) is 96.3 Å². The summed E-state index contributed by atoms with van der Waals surface area (Å²) in [4.78, 5) is 22.9. The number of carbonyl (C=O) groups is 2. The number of benzene rings is 2. The van der Waals surface area contributed by atoms with Crippen LogP contribution >= 0.6 is 0 Å². The van der Waals surface area contributed by atoms with Crippen molar-refractivity contribution >= 4 is 24.1 Å². The van der Waals surface area contributed by atoms with Crippen LogP contribution < -0.4 is 9.47 Å². The molecule has 2 aromatic carbocycles. The molecule has 0 unspecified atom stereocenters. The predicted molar refractivity (Wildman–Crippen MR) is 121 cm³/mol. The summed E-state index contributed by atoms with van der Waals surface area (Å²) in [6, 6.07) is 16.2. The zero-order valence-electron chi connectivity index (χ0n) is 17.4. The van der Waals surface area contributed by atoms with E-state index in [2.05, 4.69) is 13.2 Å². The van der Waals surface area contributed by atoms with E-state index >= 15 is 0 Å². The highest BCUT2D eigenvalue weighted by atomic mass is 16.5. The van der Waals surface area contributed by atoms with Gasteiger partial charge in [0.1, 0.15) is 23.0 Å². The lowest BCUT2D eigenvalue weighted by atomic mass is 10.1. The third-order valence-electron chi connectivity index (χ3n) is 4.38. The second kappa shape index (κ2) is 9.59. The Labute approximate surface area is 180 Å². The number of ether oxygens (including phenoxy) is 2. The summed E-state index contributed by atoms with van der Waals surface area (Å²) < 4.78 is 16.2. The van der Waals surface area contributed by atoms with E-state index < -0.39 is 11.9 Å². The van der Waals surface area contributed by atoms with Gasteiger partial charge in [-0.25, -0.2) is 9.59 Å². The molecule has 156 valence electrons. The van der Waals surface area contributed by atoms with Gasteiger partial charge in [-0.15, -0.1) is 0 Å². The second-order valence-electron chi connectivity index (χ2n) is 6.87. The van der Waals surface area contributed by atoms with Crippen LogP contribution in [0.3, 0.4) is 0 Å². The molecule has 0 fully saturated rings. The van der Waals surface area contributed by atoms with E-state index in [1.54, 1.807) is 31.2 Å². The highest BCUT2D eigenvalue weighted by molar-refractivity contribution is 5.88. The van der Waals surface area contributed by atoms with Gasteiger partial charge in [0.2, 0.25) is 0 Å². The molecular weight excluding hydrogens is 392 g/mol. The first-order valence-electron chi connectivity index (χ1n) is 9.56. The first-order chi connectivity index (χ1) is 14.9. The van der Waals surface area contributed by atoms with Crippen molar-refractivity contribution in [3.63, 3.8) is 0 Å². The first-order valence-corrected chi connectivity index (χ1v) is 9.56. The predicted octanol–water partition coefficient (Wildman–Crippen LogP) is 6.00. The molecular formula is C26H22O5. The van der Waals surface area contributed by atoms with Gasteiger partial charge >= 0.3 is 11.9 Å². The minimum absolute atomic E-state index is 0.350. The van der Waals surface area contributed by atoms with E-state index in [1.165, 1.54) is 0 Å². The molecule has 0 N–H and O–H groups in total. The smallest absolute Gasteiger partial charge is 0.338 e. The van der Waals surface area contributed by atoms with Gasteiger partial charge in [-0.1, -0.05) is 25.3 Å². The Hall–Kier alpha value is -4.12. The van der Waals surface area contributed by atoms with Crippen LogP contribution in [0.25, 0.3) is 23.5 Å². The monoisotopic (exact) mass is 414 g/mol. The van der Waals surface area contributed by atoms with Crippen LogP contribution in [0.2, 0.25) is 0 Å². The third kappa shape index (κ3) is 5.70. The number of carbonyl (C=O) groups excluding carboxylic acids is 2. The van der Waals surface area contributed by atoms with Crippen LogP contribution in [0.15, 0.2) is 83.8 Å². The molecule has 0 saturated heterocycles. The molecule has 3 aromatic rings. The topological polar surface area (TPSA) is 65.7 Å². The Morgan fingerprint density at radius 1 is 0.935 bits per heavy atom. The Morgan fingerprint density at radius 2 is 1.65 bits per heavy atom. The van der Waals surface area contributed by atoms with Crippen LogP contribution in [-0.4, -0.2) is 11.9 Å². The average Bonchev–Trinajstić information content (AvgIpc) is 3.22. The fourth-order valence-corrected chi connectivity index (χ4v) is 2.71. The molecule has 1 heterocycles.